The number of alkyl halides is 3. The second-order valence-corrected chi connectivity index (χ2v) is 7.37. The summed E-state index contributed by atoms with van der Waals surface area (Å²) in [6, 6.07) is 17.8. The molecule has 1 heterocycles. The first-order valence-corrected chi connectivity index (χ1v) is 10.1. The summed E-state index contributed by atoms with van der Waals surface area (Å²) in [6.45, 7) is 0.755. The third-order valence-corrected chi connectivity index (χ3v) is 5.22. The molecule has 0 aliphatic heterocycles. The van der Waals surface area contributed by atoms with Crippen LogP contribution in [-0.2, 0) is 19.0 Å². The highest BCUT2D eigenvalue weighted by Crippen LogP contribution is 2.35. The highest BCUT2D eigenvalue weighted by molar-refractivity contribution is 5.63. The monoisotopic (exact) mass is 412 g/mol. The molecule has 0 spiro atoms. The molecule has 0 fully saturated rings. The number of aryl methyl sites for hydroxylation is 2. The van der Waals surface area contributed by atoms with E-state index in [4.69, 9.17) is 4.74 Å². The molecule has 2 aromatic carbocycles. The number of anilines is 1. The minimum absolute atomic E-state index is 0.151. The van der Waals surface area contributed by atoms with E-state index in [1.54, 1.807) is 0 Å². The lowest BCUT2D eigenvalue weighted by atomic mass is 10.1. The Morgan fingerprint density at radius 3 is 2.53 bits per heavy atom. The number of nitrogens with one attached hydrogen (secondary N) is 1. The van der Waals surface area contributed by atoms with E-state index in [9.17, 15) is 13.2 Å². The van der Waals surface area contributed by atoms with Gasteiger partial charge in [-0.1, -0.05) is 36.4 Å². The van der Waals surface area contributed by atoms with Gasteiger partial charge >= 0.3 is 6.18 Å². The maximum absolute atomic E-state index is 13.4. The quantitative estimate of drug-likeness (QED) is 0.474. The molecule has 4 rings (SSSR count). The molecule has 1 aliphatic rings. The van der Waals surface area contributed by atoms with Crippen LogP contribution >= 0.6 is 0 Å². The first-order valence-electron chi connectivity index (χ1n) is 10.1. The zero-order valence-electron chi connectivity index (χ0n) is 16.5. The minimum atomic E-state index is -4.47. The predicted octanol–water partition coefficient (Wildman–Crippen LogP) is 6.14. The Hall–Kier alpha value is -3.02. The topological polar surface area (TPSA) is 34.2 Å². The number of ether oxygens (including phenoxy) is 1. The summed E-state index contributed by atoms with van der Waals surface area (Å²) in [5.74, 6) is 0.664. The molecule has 1 aromatic heterocycles. The number of hydrogen-bond donors (Lipinski definition) is 1. The number of halogens is 3. The molecule has 3 nitrogen and oxygen atoms in total. The molecule has 1 N–H and O–H groups in total. The smallest absolute Gasteiger partial charge is 0.419 e. The molecule has 156 valence electrons. The standard InChI is InChI=1S/C24H23F3N2O/c25-24(26,27)21-12-13-22(18-6-2-1-3-7-18)29-23(21)28-14-5-15-30-20-11-10-17-8-4-9-19(17)16-20/h1-3,6-7,10-13,16H,4-5,8-9,14-15H2,(H,28,29). The van der Waals surface area contributed by atoms with E-state index in [-0.39, 0.29) is 5.82 Å². The zero-order chi connectivity index (χ0) is 21.0. The average Bonchev–Trinajstić information content (AvgIpc) is 3.21. The number of rotatable bonds is 7. The van der Waals surface area contributed by atoms with Crippen LogP contribution in [0.5, 0.6) is 5.75 Å². The van der Waals surface area contributed by atoms with Gasteiger partial charge in [0.25, 0.3) is 0 Å². The summed E-state index contributed by atoms with van der Waals surface area (Å²) in [7, 11) is 0. The number of pyridine rings is 1. The van der Waals surface area contributed by atoms with Gasteiger partial charge in [-0.15, -0.1) is 0 Å². The molecule has 0 bridgehead atoms. The average molecular weight is 412 g/mol. The lowest BCUT2D eigenvalue weighted by Gasteiger charge is -2.15. The van der Waals surface area contributed by atoms with Gasteiger partial charge in [-0.3, -0.25) is 0 Å². The van der Waals surface area contributed by atoms with Crippen LogP contribution in [0.4, 0.5) is 19.0 Å². The van der Waals surface area contributed by atoms with Crippen molar-refractivity contribution >= 4 is 5.82 Å². The van der Waals surface area contributed by atoms with E-state index in [0.29, 0.717) is 25.3 Å². The molecule has 6 heteroatoms. The van der Waals surface area contributed by atoms with Crippen LogP contribution < -0.4 is 10.1 Å². The Bertz CT molecular complexity index is 1000. The van der Waals surface area contributed by atoms with E-state index in [0.717, 1.165) is 30.2 Å². The van der Waals surface area contributed by atoms with E-state index in [1.165, 1.54) is 23.6 Å². The van der Waals surface area contributed by atoms with Gasteiger partial charge in [-0.2, -0.15) is 13.2 Å². The van der Waals surface area contributed by atoms with Crippen LogP contribution in [0, 0.1) is 0 Å². The first kappa shape index (κ1) is 20.3. The maximum Gasteiger partial charge on any atom is 0.419 e. The second kappa shape index (κ2) is 8.78. The van der Waals surface area contributed by atoms with Gasteiger partial charge in [-0.25, -0.2) is 4.98 Å². The molecule has 3 aromatic rings. The van der Waals surface area contributed by atoms with Crippen LogP contribution in [-0.4, -0.2) is 18.1 Å². The van der Waals surface area contributed by atoms with Gasteiger partial charge in [0, 0.05) is 12.1 Å². The fourth-order valence-corrected chi connectivity index (χ4v) is 3.70. The van der Waals surface area contributed by atoms with E-state index < -0.39 is 11.7 Å². The number of nitrogens with zero attached hydrogens (tertiary/aromatic N) is 1. The van der Waals surface area contributed by atoms with Crippen molar-refractivity contribution in [2.24, 2.45) is 0 Å². The first-order chi connectivity index (χ1) is 14.5. The molecule has 0 saturated carbocycles. The SMILES string of the molecule is FC(F)(F)c1ccc(-c2ccccc2)nc1NCCCOc1ccc2c(c1)CCC2. The maximum atomic E-state index is 13.4. The number of benzene rings is 2. The lowest BCUT2D eigenvalue weighted by Crippen LogP contribution is -2.15. The van der Waals surface area contributed by atoms with Crippen molar-refractivity contribution in [1.82, 2.24) is 4.98 Å². The molecule has 30 heavy (non-hydrogen) atoms. The summed E-state index contributed by atoms with van der Waals surface area (Å²) >= 11 is 0. The molecule has 0 amide bonds. The third-order valence-electron chi connectivity index (χ3n) is 5.22. The Labute approximate surface area is 173 Å². The molecule has 0 radical (unpaired) electrons. The van der Waals surface area contributed by atoms with Crippen molar-refractivity contribution in [3.8, 4) is 17.0 Å². The summed E-state index contributed by atoms with van der Waals surface area (Å²) < 4.78 is 45.9. The van der Waals surface area contributed by atoms with Crippen molar-refractivity contribution in [1.29, 1.82) is 0 Å². The molecular weight excluding hydrogens is 389 g/mol. The molecule has 0 unspecified atom stereocenters. The van der Waals surface area contributed by atoms with Gasteiger partial charge in [0.15, 0.2) is 0 Å². The predicted molar refractivity (Wildman–Crippen MR) is 112 cm³/mol. The van der Waals surface area contributed by atoms with E-state index in [2.05, 4.69) is 22.4 Å². The van der Waals surface area contributed by atoms with Gasteiger partial charge in [-0.05, 0) is 61.1 Å². The molecule has 1 aliphatic carbocycles. The van der Waals surface area contributed by atoms with Crippen LogP contribution in [0.15, 0.2) is 60.7 Å². The second-order valence-electron chi connectivity index (χ2n) is 7.37. The third kappa shape index (κ3) is 4.75. The number of fused-ring (bicyclic) bond motifs is 1. The van der Waals surface area contributed by atoms with E-state index >= 15 is 0 Å². The molecular formula is C24H23F3N2O. The fourth-order valence-electron chi connectivity index (χ4n) is 3.70. The Morgan fingerprint density at radius 1 is 0.933 bits per heavy atom. The van der Waals surface area contributed by atoms with Crippen molar-refractivity contribution < 1.29 is 17.9 Å². The van der Waals surface area contributed by atoms with Crippen molar-refractivity contribution in [3.63, 3.8) is 0 Å². The normalized spacial score (nSPS) is 13.2. The number of aromatic nitrogens is 1. The summed E-state index contributed by atoms with van der Waals surface area (Å²) in [4.78, 5) is 4.23. The van der Waals surface area contributed by atoms with Gasteiger partial charge < -0.3 is 10.1 Å². The number of hydrogen-bond acceptors (Lipinski definition) is 3. The van der Waals surface area contributed by atoms with Crippen LogP contribution in [0.2, 0.25) is 0 Å². The van der Waals surface area contributed by atoms with Crippen LogP contribution in [0.1, 0.15) is 29.5 Å². The fraction of sp³-hybridized carbons (Fsp3) is 0.292. The van der Waals surface area contributed by atoms with Gasteiger partial charge in [0.1, 0.15) is 11.6 Å². The Morgan fingerprint density at radius 2 is 1.73 bits per heavy atom. The molecule has 0 atom stereocenters. The Balaban J connectivity index is 1.38. The van der Waals surface area contributed by atoms with Gasteiger partial charge in [0.05, 0.1) is 17.9 Å². The molecule has 0 saturated heterocycles. The van der Waals surface area contributed by atoms with Crippen LogP contribution in [0.25, 0.3) is 11.3 Å². The largest absolute Gasteiger partial charge is 0.494 e. The summed E-state index contributed by atoms with van der Waals surface area (Å²) in [5, 5.41) is 2.85. The highest BCUT2D eigenvalue weighted by Gasteiger charge is 2.34. The van der Waals surface area contributed by atoms with Crippen molar-refractivity contribution in [3.05, 3.63) is 77.4 Å². The van der Waals surface area contributed by atoms with E-state index in [1.807, 2.05) is 36.4 Å². The van der Waals surface area contributed by atoms with Crippen molar-refractivity contribution in [2.75, 3.05) is 18.5 Å². The zero-order valence-corrected chi connectivity index (χ0v) is 16.5. The van der Waals surface area contributed by atoms with Gasteiger partial charge in [0.2, 0.25) is 0 Å². The summed E-state index contributed by atoms with van der Waals surface area (Å²) in [6.07, 6.45) is -0.524. The minimum Gasteiger partial charge on any atom is -0.494 e. The van der Waals surface area contributed by atoms with Crippen LogP contribution in [0.3, 0.4) is 0 Å². The lowest BCUT2D eigenvalue weighted by molar-refractivity contribution is -0.137. The Kier molecular flexibility index (Phi) is 5.93. The highest BCUT2D eigenvalue weighted by atomic mass is 19.4. The van der Waals surface area contributed by atoms with Crippen molar-refractivity contribution in [2.45, 2.75) is 31.9 Å². The summed E-state index contributed by atoms with van der Waals surface area (Å²) in [5.41, 5.74) is 3.23.